The lowest BCUT2D eigenvalue weighted by atomic mass is 9.92. The van der Waals surface area contributed by atoms with Crippen molar-refractivity contribution in [1.29, 1.82) is 0 Å². The van der Waals surface area contributed by atoms with Crippen LogP contribution in [0.3, 0.4) is 0 Å². The van der Waals surface area contributed by atoms with Crippen molar-refractivity contribution in [1.82, 2.24) is 0 Å². The first kappa shape index (κ1) is 18.0. The molecule has 0 fully saturated rings. The number of fused-ring (bicyclic) bond motifs is 1. The quantitative estimate of drug-likeness (QED) is 0.451. The van der Waals surface area contributed by atoms with E-state index in [0.29, 0.717) is 12.0 Å². The van der Waals surface area contributed by atoms with Crippen molar-refractivity contribution >= 4 is 17.9 Å². The molecule has 0 aliphatic carbocycles. The Bertz CT molecular complexity index is 636. The summed E-state index contributed by atoms with van der Waals surface area (Å²) in [5, 5.41) is 0. The molecule has 6 nitrogen and oxygen atoms in total. The molecule has 1 aromatic rings. The monoisotopic (exact) mass is 334 g/mol. The van der Waals surface area contributed by atoms with Gasteiger partial charge in [-0.05, 0) is 18.9 Å². The first-order chi connectivity index (χ1) is 11.4. The van der Waals surface area contributed by atoms with E-state index in [1.807, 2.05) is 0 Å². The van der Waals surface area contributed by atoms with E-state index >= 15 is 0 Å². The molecule has 1 heterocycles. The molecule has 1 aliphatic rings. The van der Waals surface area contributed by atoms with Gasteiger partial charge >= 0.3 is 17.9 Å². The zero-order valence-corrected chi connectivity index (χ0v) is 14.2. The Kier molecular flexibility index (Phi) is 5.95. The smallest absolute Gasteiger partial charge is 0.342 e. The van der Waals surface area contributed by atoms with Gasteiger partial charge in [-0.25, -0.2) is 4.79 Å². The highest BCUT2D eigenvalue weighted by Gasteiger charge is 2.39. The summed E-state index contributed by atoms with van der Waals surface area (Å²) in [6.07, 6.45) is 2.28. The van der Waals surface area contributed by atoms with E-state index in [2.05, 4.69) is 6.92 Å². The van der Waals surface area contributed by atoms with Gasteiger partial charge in [-0.3, -0.25) is 9.59 Å². The van der Waals surface area contributed by atoms with Gasteiger partial charge in [0.15, 0.2) is 6.10 Å². The Morgan fingerprint density at radius 3 is 2.54 bits per heavy atom. The number of carbonyl (C=O) groups excluding carboxylic acids is 3. The summed E-state index contributed by atoms with van der Waals surface area (Å²) in [6, 6.07) is 4.88. The molecule has 2 rings (SSSR count). The Balaban J connectivity index is 2.38. The molecule has 6 heteroatoms. The van der Waals surface area contributed by atoms with Crippen LogP contribution in [0.15, 0.2) is 18.2 Å². The first-order valence-electron chi connectivity index (χ1n) is 8.13. The molecule has 0 N–H and O–H groups in total. The fraction of sp³-hybridized carbons (Fsp3) is 0.500. The standard InChI is InChI=1S/C18H22O6/c1-4-5-6-9-15-17(23-12(3)20)13-8-7-10-14(22-11(2)19)16(13)18(21)24-15/h7-8,10,15,17H,4-6,9H2,1-3H3/t15-,17-/m0/s1. The van der Waals surface area contributed by atoms with Crippen molar-refractivity contribution in [3.05, 3.63) is 29.3 Å². The molecule has 0 spiro atoms. The van der Waals surface area contributed by atoms with Gasteiger partial charge in [-0.2, -0.15) is 0 Å². The number of benzene rings is 1. The molecule has 0 saturated heterocycles. The Morgan fingerprint density at radius 1 is 1.17 bits per heavy atom. The van der Waals surface area contributed by atoms with Crippen LogP contribution in [0.5, 0.6) is 5.75 Å². The van der Waals surface area contributed by atoms with Crippen molar-refractivity contribution in [2.75, 3.05) is 0 Å². The molecule has 24 heavy (non-hydrogen) atoms. The van der Waals surface area contributed by atoms with E-state index in [4.69, 9.17) is 14.2 Å². The lowest BCUT2D eigenvalue weighted by Gasteiger charge is -2.33. The second-order valence-corrected chi connectivity index (χ2v) is 5.78. The normalized spacial score (nSPS) is 19.2. The molecule has 130 valence electrons. The fourth-order valence-corrected chi connectivity index (χ4v) is 2.83. The van der Waals surface area contributed by atoms with Crippen LogP contribution in [0, 0.1) is 0 Å². The van der Waals surface area contributed by atoms with E-state index < -0.39 is 30.1 Å². The van der Waals surface area contributed by atoms with Crippen molar-refractivity contribution in [3.63, 3.8) is 0 Å². The number of hydrogen-bond acceptors (Lipinski definition) is 6. The zero-order valence-electron chi connectivity index (χ0n) is 14.2. The number of esters is 3. The predicted octanol–water partition coefficient (Wildman–Crippen LogP) is 3.34. The topological polar surface area (TPSA) is 78.9 Å². The summed E-state index contributed by atoms with van der Waals surface area (Å²) in [4.78, 5) is 35.1. The Hall–Kier alpha value is -2.37. The van der Waals surface area contributed by atoms with Crippen LogP contribution >= 0.6 is 0 Å². The number of hydrogen-bond donors (Lipinski definition) is 0. The van der Waals surface area contributed by atoms with Crippen molar-refractivity contribution in [2.24, 2.45) is 0 Å². The zero-order chi connectivity index (χ0) is 17.7. The summed E-state index contributed by atoms with van der Waals surface area (Å²) in [5.74, 6) is -1.44. The maximum Gasteiger partial charge on any atom is 0.342 e. The number of rotatable bonds is 6. The van der Waals surface area contributed by atoms with Crippen molar-refractivity contribution in [3.8, 4) is 5.75 Å². The minimum absolute atomic E-state index is 0.120. The van der Waals surface area contributed by atoms with Crippen molar-refractivity contribution < 1.29 is 28.6 Å². The van der Waals surface area contributed by atoms with E-state index in [0.717, 1.165) is 19.3 Å². The van der Waals surface area contributed by atoms with Crippen LogP contribution < -0.4 is 4.74 Å². The predicted molar refractivity (Wildman–Crippen MR) is 85.6 cm³/mol. The van der Waals surface area contributed by atoms with Crippen molar-refractivity contribution in [2.45, 2.75) is 58.7 Å². The minimum Gasteiger partial charge on any atom is -0.454 e. The SMILES string of the molecule is CCCCC[C@@H]1OC(=O)c2c(OC(C)=O)cccc2[C@@H]1OC(C)=O. The van der Waals surface area contributed by atoms with E-state index in [9.17, 15) is 14.4 Å². The highest BCUT2D eigenvalue weighted by molar-refractivity contribution is 5.96. The van der Waals surface area contributed by atoms with Gasteiger partial charge in [-0.15, -0.1) is 0 Å². The molecule has 0 amide bonds. The van der Waals surface area contributed by atoms with Gasteiger partial charge in [0.1, 0.15) is 17.4 Å². The molecule has 1 aromatic carbocycles. The molecular formula is C18H22O6. The summed E-state index contributed by atoms with van der Waals surface area (Å²) >= 11 is 0. The highest BCUT2D eigenvalue weighted by Crippen LogP contribution is 2.39. The lowest BCUT2D eigenvalue weighted by molar-refractivity contribution is -0.155. The van der Waals surface area contributed by atoms with Crippen LogP contribution in [0.1, 0.15) is 68.5 Å². The second-order valence-electron chi connectivity index (χ2n) is 5.78. The van der Waals surface area contributed by atoms with Crippen LogP contribution in [0.4, 0.5) is 0 Å². The minimum atomic E-state index is -0.692. The molecule has 0 unspecified atom stereocenters. The van der Waals surface area contributed by atoms with E-state index in [-0.39, 0.29) is 11.3 Å². The average molecular weight is 334 g/mol. The molecule has 0 radical (unpaired) electrons. The molecule has 1 aliphatic heterocycles. The largest absolute Gasteiger partial charge is 0.454 e. The molecule has 0 saturated carbocycles. The van der Waals surface area contributed by atoms with Crippen LogP contribution in [0.25, 0.3) is 0 Å². The highest BCUT2D eigenvalue weighted by atomic mass is 16.6. The lowest BCUT2D eigenvalue weighted by Crippen LogP contribution is -2.35. The van der Waals surface area contributed by atoms with Gasteiger partial charge < -0.3 is 14.2 Å². The van der Waals surface area contributed by atoms with E-state index in [1.54, 1.807) is 12.1 Å². The van der Waals surface area contributed by atoms with Gasteiger partial charge in [0.05, 0.1) is 0 Å². The number of cyclic esters (lactones) is 1. The maximum atomic E-state index is 12.4. The molecule has 0 bridgehead atoms. The molecule has 2 atom stereocenters. The third kappa shape index (κ3) is 4.13. The van der Waals surface area contributed by atoms with Crippen LogP contribution in [-0.4, -0.2) is 24.0 Å². The van der Waals surface area contributed by atoms with E-state index in [1.165, 1.54) is 19.9 Å². The third-order valence-electron chi connectivity index (χ3n) is 3.80. The second kappa shape index (κ2) is 7.95. The summed E-state index contributed by atoms with van der Waals surface area (Å²) < 4.78 is 16.0. The maximum absolute atomic E-state index is 12.4. The summed E-state index contributed by atoms with van der Waals surface area (Å²) in [6.45, 7) is 4.65. The number of ether oxygens (including phenoxy) is 3. The summed E-state index contributed by atoms with van der Waals surface area (Å²) in [5.41, 5.74) is 0.660. The Morgan fingerprint density at radius 2 is 1.92 bits per heavy atom. The van der Waals surface area contributed by atoms with Gasteiger partial charge in [-0.1, -0.05) is 31.9 Å². The number of carbonyl (C=O) groups is 3. The summed E-state index contributed by atoms with van der Waals surface area (Å²) in [7, 11) is 0. The number of unbranched alkanes of at least 4 members (excludes halogenated alkanes) is 2. The van der Waals surface area contributed by atoms with Gasteiger partial charge in [0.25, 0.3) is 0 Å². The fourth-order valence-electron chi connectivity index (χ4n) is 2.83. The molecular weight excluding hydrogens is 312 g/mol. The molecule has 0 aromatic heterocycles. The van der Waals surface area contributed by atoms with Gasteiger partial charge in [0.2, 0.25) is 0 Å². The van der Waals surface area contributed by atoms with Crippen LogP contribution in [0.2, 0.25) is 0 Å². The van der Waals surface area contributed by atoms with Crippen LogP contribution in [-0.2, 0) is 19.1 Å². The average Bonchev–Trinajstić information content (AvgIpc) is 2.50. The Labute approximate surface area is 141 Å². The first-order valence-corrected chi connectivity index (χ1v) is 8.13. The van der Waals surface area contributed by atoms with Gasteiger partial charge in [0, 0.05) is 19.4 Å². The third-order valence-corrected chi connectivity index (χ3v) is 3.80.